The van der Waals surface area contributed by atoms with E-state index in [-0.39, 0.29) is 17.2 Å². The van der Waals surface area contributed by atoms with Crippen LogP contribution in [0.2, 0.25) is 0 Å². The summed E-state index contributed by atoms with van der Waals surface area (Å²) in [7, 11) is 1.00. The van der Waals surface area contributed by atoms with Crippen molar-refractivity contribution in [3.63, 3.8) is 0 Å². The Morgan fingerprint density at radius 3 is 2.21 bits per heavy atom. The summed E-state index contributed by atoms with van der Waals surface area (Å²) in [4.78, 5) is 17.3. The van der Waals surface area contributed by atoms with Gasteiger partial charge in [0.25, 0.3) is 12.3 Å². The molecule has 2 N–H and O–H groups in total. The number of nitrogens with zero attached hydrogens (tertiary/aromatic N) is 2. The summed E-state index contributed by atoms with van der Waals surface area (Å²) in [5.74, 6) is -4.16. The largest absolute Gasteiger partial charge is 0.397 e. The Morgan fingerprint density at radius 2 is 1.79 bits per heavy atom. The molecule has 152 valence electrons. The van der Waals surface area contributed by atoms with Crippen LogP contribution in [0.15, 0.2) is 41.0 Å². The van der Waals surface area contributed by atoms with E-state index in [9.17, 15) is 26.7 Å². The van der Waals surface area contributed by atoms with Gasteiger partial charge >= 0.3 is 0 Å². The molecule has 0 saturated heterocycles. The number of carbonyl (C=O) groups is 1. The molecule has 1 unspecified atom stereocenters. The summed E-state index contributed by atoms with van der Waals surface area (Å²) in [6.07, 6.45) is -2.13. The van der Waals surface area contributed by atoms with Crippen LogP contribution in [0.3, 0.4) is 0 Å². The van der Waals surface area contributed by atoms with Gasteiger partial charge in [-0.15, -0.1) is 0 Å². The first-order valence-electron chi connectivity index (χ1n) is 8.46. The fraction of sp³-hybridized carbons (Fsp3) is 0.368. The lowest BCUT2D eigenvalue weighted by Gasteiger charge is -2.32. The number of hydrogen-bond acceptors (Lipinski definition) is 3. The number of halogens is 5. The molecule has 1 amide bonds. The average Bonchev–Trinajstić information content (AvgIpc) is 3.44. The van der Waals surface area contributed by atoms with E-state index in [1.54, 1.807) is 0 Å². The number of aliphatic imine (C=N–C) groups is 1. The summed E-state index contributed by atoms with van der Waals surface area (Å²) in [6.45, 7) is 5.29. The highest BCUT2D eigenvalue weighted by molar-refractivity contribution is 6.19. The Bertz CT molecular complexity index is 826. The van der Waals surface area contributed by atoms with Crippen molar-refractivity contribution < 1.29 is 26.7 Å². The zero-order valence-electron chi connectivity index (χ0n) is 15.4. The molecule has 0 spiro atoms. The normalized spacial score (nSPS) is 16.6. The standard InChI is InChI=1S/C19H20F5N3O/c1-9(11-6-12(20)8-13(21)7-11)10(2)27(14-4-5-14)19(28)15(18(24)26-3)16(25)17(22)23/h6-8,10,14,17H,1,4-5,25H2,2-3H3. The van der Waals surface area contributed by atoms with Crippen LogP contribution in [0.25, 0.3) is 5.57 Å². The van der Waals surface area contributed by atoms with E-state index in [0.29, 0.717) is 18.9 Å². The van der Waals surface area contributed by atoms with Crippen molar-refractivity contribution in [1.29, 1.82) is 0 Å². The molecular formula is C19H20F5N3O. The third-order valence-corrected chi connectivity index (χ3v) is 4.47. The minimum atomic E-state index is -3.26. The van der Waals surface area contributed by atoms with Gasteiger partial charge in [0.1, 0.15) is 17.2 Å². The first-order valence-corrected chi connectivity index (χ1v) is 8.46. The van der Waals surface area contributed by atoms with Crippen molar-refractivity contribution in [3.8, 4) is 0 Å². The molecule has 1 atom stereocenters. The van der Waals surface area contributed by atoms with Crippen molar-refractivity contribution in [2.75, 3.05) is 7.05 Å². The molecule has 4 nitrogen and oxygen atoms in total. The smallest absolute Gasteiger partial charge is 0.278 e. The number of hydrogen-bond donors (Lipinski definition) is 1. The van der Waals surface area contributed by atoms with Gasteiger partial charge in [0.15, 0.2) is 0 Å². The molecule has 0 radical (unpaired) electrons. The van der Waals surface area contributed by atoms with Crippen molar-refractivity contribution in [1.82, 2.24) is 4.90 Å². The van der Waals surface area contributed by atoms with Crippen molar-refractivity contribution in [2.45, 2.75) is 38.3 Å². The minimum absolute atomic E-state index is 0.0976. The molecule has 9 heteroatoms. The lowest BCUT2D eigenvalue weighted by Crippen LogP contribution is -2.43. The topological polar surface area (TPSA) is 58.7 Å². The molecule has 1 aliphatic carbocycles. The molecule has 0 aromatic heterocycles. The Balaban J connectivity index is 2.45. The zero-order chi connectivity index (χ0) is 21.2. The molecule has 1 aromatic rings. The van der Waals surface area contributed by atoms with E-state index in [0.717, 1.165) is 24.1 Å². The number of benzene rings is 1. The summed E-state index contributed by atoms with van der Waals surface area (Å²) in [5, 5.41) is 0. The molecule has 1 aliphatic rings. The van der Waals surface area contributed by atoms with Gasteiger partial charge in [-0.05, 0) is 43.0 Å². The van der Waals surface area contributed by atoms with E-state index in [4.69, 9.17) is 5.73 Å². The van der Waals surface area contributed by atoms with E-state index in [1.165, 1.54) is 6.92 Å². The van der Waals surface area contributed by atoms with Gasteiger partial charge in [-0.3, -0.25) is 9.79 Å². The Kier molecular flexibility index (Phi) is 6.58. The molecule has 1 fully saturated rings. The second-order valence-electron chi connectivity index (χ2n) is 6.45. The van der Waals surface area contributed by atoms with E-state index in [1.807, 2.05) is 0 Å². The number of amides is 1. The van der Waals surface area contributed by atoms with Crippen molar-refractivity contribution >= 4 is 17.4 Å². The first kappa shape index (κ1) is 21.6. The van der Waals surface area contributed by atoms with Gasteiger partial charge in [-0.1, -0.05) is 6.58 Å². The maximum Gasteiger partial charge on any atom is 0.278 e. The number of nitrogens with two attached hydrogens (primary N) is 1. The second-order valence-corrected chi connectivity index (χ2v) is 6.45. The predicted molar refractivity (Wildman–Crippen MR) is 96.4 cm³/mol. The average molecular weight is 401 g/mol. The first-order chi connectivity index (χ1) is 13.1. The maximum absolute atomic E-state index is 14.1. The van der Waals surface area contributed by atoms with Gasteiger partial charge in [0.2, 0.25) is 5.97 Å². The molecule has 28 heavy (non-hydrogen) atoms. The highest BCUT2D eigenvalue weighted by Gasteiger charge is 2.40. The van der Waals surface area contributed by atoms with E-state index < -0.39 is 47.2 Å². The molecule has 0 heterocycles. The number of rotatable bonds is 7. The molecule has 1 saturated carbocycles. The van der Waals surface area contributed by atoms with Crippen LogP contribution in [0.1, 0.15) is 25.3 Å². The molecule has 2 rings (SSSR count). The zero-order valence-corrected chi connectivity index (χ0v) is 15.4. The summed E-state index contributed by atoms with van der Waals surface area (Å²) in [6, 6.07) is 1.54. The van der Waals surface area contributed by atoms with Crippen molar-refractivity contribution in [3.05, 3.63) is 53.2 Å². The van der Waals surface area contributed by atoms with Crippen LogP contribution >= 0.6 is 0 Å². The molecule has 0 aliphatic heterocycles. The van der Waals surface area contributed by atoms with Gasteiger partial charge in [0, 0.05) is 19.2 Å². The minimum Gasteiger partial charge on any atom is -0.397 e. The molecule has 1 aromatic carbocycles. The van der Waals surface area contributed by atoms with Gasteiger partial charge in [-0.25, -0.2) is 17.6 Å². The predicted octanol–water partition coefficient (Wildman–Crippen LogP) is 3.83. The Labute approximate surface area is 159 Å². The van der Waals surface area contributed by atoms with Gasteiger partial charge < -0.3 is 10.6 Å². The number of alkyl halides is 2. The van der Waals surface area contributed by atoms with Crippen LogP contribution in [0, 0.1) is 11.6 Å². The van der Waals surface area contributed by atoms with Crippen LogP contribution < -0.4 is 5.73 Å². The van der Waals surface area contributed by atoms with Crippen LogP contribution in [0.5, 0.6) is 0 Å². The molecule has 0 bridgehead atoms. The summed E-state index contributed by atoms with van der Waals surface area (Å²) < 4.78 is 67.3. The SMILES string of the molecule is C=C(c1cc(F)cc(F)c1)C(C)N(C(=O)C(C(F)=NC)=C(N)C(F)F)C1CC1. The third kappa shape index (κ3) is 4.58. The highest BCUT2D eigenvalue weighted by Crippen LogP contribution is 2.35. The van der Waals surface area contributed by atoms with Crippen LogP contribution in [0.4, 0.5) is 22.0 Å². The fourth-order valence-corrected chi connectivity index (χ4v) is 2.84. The third-order valence-electron chi connectivity index (χ3n) is 4.47. The fourth-order valence-electron chi connectivity index (χ4n) is 2.84. The lowest BCUT2D eigenvalue weighted by molar-refractivity contribution is -0.128. The van der Waals surface area contributed by atoms with Gasteiger partial charge in [-0.2, -0.15) is 4.39 Å². The molecular weight excluding hydrogens is 381 g/mol. The quantitative estimate of drug-likeness (QED) is 0.429. The summed E-state index contributed by atoms with van der Waals surface area (Å²) in [5.41, 5.74) is 3.28. The Morgan fingerprint density at radius 1 is 1.25 bits per heavy atom. The van der Waals surface area contributed by atoms with Crippen LogP contribution in [-0.4, -0.2) is 42.3 Å². The highest BCUT2D eigenvalue weighted by atomic mass is 19.3. The lowest BCUT2D eigenvalue weighted by atomic mass is 9.98. The Hall–Kier alpha value is -2.71. The monoisotopic (exact) mass is 401 g/mol. The summed E-state index contributed by atoms with van der Waals surface area (Å²) >= 11 is 0. The van der Waals surface area contributed by atoms with Crippen molar-refractivity contribution in [2.24, 2.45) is 10.7 Å². The van der Waals surface area contributed by atoms with Gasteiger partial charge in [0.05, 0.1) is 11.7 Å². The van der Waals surface area contributed by atoms with E-state index in [2.05, 4.69) is 11.6 Å². The number of allylic oxidation sites excluding steroid dienone is 1. The maximum atomic E-state index is 14.1. The van der Waals surface area contributed by atoms with Crippen LogP contribution in [-0.2, 0) is 4.79 Å². The second kappa shape index (κ2) is 8.53. The van der Waals surface area contributed by atoms with E-state index >= 15 is 0 Å². The number of carbonyl (C=O) groups excluding carboxylic acids is 1.